The van der Waals surface area contributed by atoms with Gasteiger partial charge in [0.2, 0.25) is 0 Å². The van der Waals surface area contributed by atoms with Crippen molar-refractivity contribution in [3.8, 4) is 23.8 Å². The summed E-state index contributed by atoms with van der Waals surface area (Å²) in [6.07, 6.45) is 6.70. The van der Waals surface area contributed by atoms with E-state index in [-0.39, 0.29) is 12.5 Å². The first-order valence-corrected chi connectivity index (χ1v) is 7.29. The number of rotatable bonds is 6. The quantitative estimate of drug-likeness (QED) is 0.505. The monoisotopic (exact) mass is 322 g/mol. The van der Waals surface area contributed by atoms with Crippen LogP contribution >= 0.6 is 0 Å². The number of nitrogens with zero attached hydrogens (tertiary/aromatic N) is 1. The van der Waals surface area contributed by atoms with Crippen molar-refractivity contribution < 1.29 is 14.3 Å². The average molecular weight is 322 g/mol. The first-order chi connectivity index (χ1) is 11.7. The van der Waals surface area contributed by atoms with Crippen LogP contribution in [0.4, 0.5) is 0 Å². The highest BCUT2D eigenvalue weighted by Crippen LogP contribution is 2.22. The Hall–Kier alpha value is -3.26. The molecule has 5 heteroatoms. The van der Waals surface area contributed by atoms with E-state index in [0.29, 0.717) is 22.6 Å². The Morgan fingerprint density at radius 3 is 2.83 bits per heavy atom. The van der Waals surface area contributed by atoms with E-state index in [9.17, 15) is 4.79 Å². The van der Waals surface area contributed by atoms with Crippen LogP contribution in [0, 0.1) is 19.3 Å². The van der Waals surface area contributed by atoms with Gasteiger partial charge in [0.25, 0.3) is 5.91 Å². The Morgan fingerprint density at radius 2 is 2.12 bits per heavy atom. The number of aryl methyl sites for hydroxylation is 1. The number of ether oxygens (including phenoxy) is 2. The van der Waals surface area contributed by atoms with E-state index in [2.05, 4.69) is 16.4 Å². The molecule has 2 aromatic carbocycles. The molecule has 2 aromatic rings. The van der Waals surface area contributed by atoms with E-state index in [1.807, 2.05) is 19.1 Å². The van der Waals surface area contributed by atoms with Gasteiger partial charge in [-0.3, -0.25) is 4.79 Å². The molecule has 122 valence electrons. The summed E-state index contributed by atoms with van der Waals surface area (Å²) in [5.74, 6) is 3.33. The summed E-state index contributed by atoms with van der Waals surface area (Å²) < 4.78 is 10.6. The van der Waals surface area contributed by atoms with Gasteiger partial charge in [-0.1, -0.05) is 24.1 Å². The summed E-state index contributed by atoms with van der Waals surface area (Å²) in [5.41, 5.74) is 4.60. The molecule has 0 fully saturated rings. The summed E-state index contributed by atoms with van der Waals surface area (Å²) in [6.45, 7) is 2.01. The third-order valence-electron chi connectivity index (χ3n) is 3.29. The maximum Gasteiger partial charge on any atom is 0.271 e. The summed E-state index contributed by atoms with van der Waals surface area (Å²) in [5, 5.41) is 3.99. The number of carbonyl (C=O) groups excluding carboxylic acids is 1. The van der Waals surface area contributed by atoms with Crippen LogP contribution < -0.4 is 14.9 Å². The molecule has 5 nitrogen and oxygen atoms in total. The van der Waals surface area contributed by atoms with Gasteiger partial charge in [0.1, 0.15) is 18.1 Å². The molecule has 0 atom stereocenters. The smallest absolute Gasteiger partial charge is 0.271 e. The molecule has 0 aliphatic carbocycles. The van der Waals surface area contributed by atoms with Crippen LogP contribution in [0.3, 0.4) is 0 Å². The molecule has 0 spiro atoms. The lowest BCUT2D eigenvalue weighted by Gasteiger charge is -2.08. The second-order valence-corrected chi connectivity index (χ2v) is 4.91. The van der Waals surface area contributed by atoms with E-state index in [1.165, 1.54) is 6.21 Å². The zero-order valence-corrected chi connectivity index (χ0v) is 13.6. The van der Waals surface area contributed by atoms with Gasteiger partial charge in [-0.05, 0) is 36.8 Å². The minimum atomic E-state index is -0.279. The molecule has 1 amide bonds. The number of methoxy groups -OCH3 is 1. The Labute approximate surface area is 141 Å². The Kier molecular flexibility index (Phi) is 5.98. The molecule has 0 heterocycles. The highest BCUT2D eigenvalue weighted by atomic mass is 16.5. The van der Waals surface area contributed by atoms with Gasteiger partial charge in [-0.15, -0.1) is 6.42 Å². The molecular formula is C19H18N2O3. The van der Waals surface area contributed by atoms with Crippen LogP contribution in [0.5, 0.6) is 11.5 Å². The topological polar surface area (TPSA) is 59.9 Å². The number of hydrogen-bond acceptors (Lipinski definition) is 4. The van der Waals surface area contributed by atoms with Crippen molar-refractivity contribution in [2.45, 2.75) is 6.92 Å². The number of hydrogen-bond donors (Lipinski definition) is 1. The van der Waals surface area contributed by atoms with E-state index in [0.717, 1.165) is 5.56 Å². The van der Waals surface area contributed by atoms with Crippen molar-refractivity contribution in [3.63, 3.8) is 0 Å². The number of terminal acetylenes is 1. The fraction of sp³-hybridized carbons (Fsp3) is 0.158. The molecule has 24 heavy (non-hydrogen) atoms. The number of nitrogens with one attached hydrogen (secondary N) is 1. The summed E-state index contributed by atoms with van der Waals surface area (Å²) in [6, 6.07) is 12.5. The summed E-state index contributed by atoms with van der Waals surface area (Å²) >= 11 is 0. The van der Waals surface area contributed by atoms with Gasteiger partial charge in [0.15, 0.2) is 0 Å². The number of carbonyl (C=O) groups is 1. The lowest BCUT2D eigenvalue weighted by Crippen LogP contribution is -2.18. The molecule has 0 bridgehead atoms. The molecular weight excluding hydrogens is 304 g/mol. The largest absolute Gasteiger partial charge is 0.497 e. The number of hydrazone groups is 1. The predicted molar refractivity (Wildman–Crippen MR) is 93.6 cm³/mol. The first-order valence-electron chi connectivity index (χ1n) is 7.29. The molecule has 0 unspecified atom stereocenters. The van der Waals surface area contributed by atoms with Crippen molar-refractivity contribution in [2.75, 3.05) is 13.7 Å². The SMILES string of the molecule is C#CCOc1ccc(OC)cc1/C=N/NC(=O)c1ccccc1C. The Morgan fingerprint density at radius 1 is 1.33 bits per heavy atom. The minimum Gasteiger partial charge on any atom is -0.497 e. The van der Waals surface area contributed by atoms with Crippen LogP contribution in [0.2, 0.25) is 0 Å². The second-order valence-electron chi connectivity index (χ2n) is 4.91. The van der Waals surface area contributed by atoms with Crippen molar-refractivity contribution >= 4 is 12.1 Å². The van der Waals surface area contributed by atoms with Gasteiger partial charge in [-0.25, -0.2) is 5.43 Å². The normalized spacial score (nSPS) is 10.2. The lowest BCUT2D eigenvalue weighted by molar-refractivity contribution is 0.0954. The molecule has 0 aliphatic heterocycles. The number of amides is 1. The van der Waals surface area contributed by atoms with Crippen molar-refractivity contribution in [3.05, 3.63) is 59.2 Å². The Balaban J connectivity index is 2.14. The molecule has 0 radical (unpaired) electrons. The maximum absolute atomic E-state index is 12.1. The molecule has 0 saturated heterocycles. The van der Waals surface area contributed by atoms with Crippen LogP contribution in [0.1, 0.15) is 21.5 Å². The van der Waals surface area contributed by atoms with E-state index >= 15 is 0 Å². The highest BCUT2D eigenvalue weighted by molar-refractivity contribution is 5.96. The fourth-order valence-electron chi connectivity index (χ4n) is 2.05. The van der Waals surface area contributed by atoms with Crippen LogP contribution in [-0.2, 0) is 0 Å². The number of benzene rings is 2. The van der Waals surface area contributed by atoms with Gasteiger partial charge < -0.3 is 9.47 Å². The second kappa shape index (κ2) is 8.39. The molecule has 0 aliphatic rings. The van der Waals surface area contributed by atoms with E-state index in [4.69, 9.17) is 15.9 Å². The van der Waals surface area contributed by atoms with Gasteiger partial charge in [-0.2, -0.15) is 5.10 Å². The lowest BCUT2D eigenvalue weighted by atomic mass is 10.1. The van der Waals surface area contributed by atoms with Crippen LogP contribution in [-0.4, -0.2) is 25.8 Å². The van der Waals surface area contributed by atoms with Crippen LogP contribution in [0.25, 0.3) is 0 Å². The van der Waals surface area contributed by atoms with E-state index < -0.39 is 0 Å². The maximum atomic E-state index is 12.1. The summed E-state index contributed by atoms with van der Waals surface area (Å²) in [4.78, 5) is 12.1. The minimum absolute atomic E-state index is 0.142. The fourth-order valence-corrected chi connectivity index (χ4v) is 2.05. The van der Waals surface area contributed by atoms with E-state index in [1.54, 1.807) is 37.4 Å². The molecule has 0 saturated carbocycles. The van der Waals surface area contributed by atoms with Gasteiger partial charge in [0, 0.05) is 11.1 Å². The summed E-state index contributed by atoms with van der Waals surface area (Å²) in [7, 11) is 1.57. The van der Waals surface area contributed by atoms with Gasteiger partial charge in [0.05, 0.1) is 13.3 Å². The molecule has 0 aromatic heterocycles. The molecule has 1 N–H and O–H groups in total. The zero-order valence-electron chi connectivity index (χ0n) is 13.6. The highest BCUT2D eigenvalue weighted by Gasteiger charge is 2.07. The zero-order chi connectivity index (χ0) is 17.4. The standard InChI is InChI=1S/C19H18N2O3/c1-4-11-24-18-10-9-16(23-3)12-15(18)13-20-21-19(22)17-8-6-5-7-14(17)2/h1,5-10,12-13H,11H2,2-3H3,(H,21,22)/b20-13+. The first kappa shape index (κ1) is 17.1. The van der Waals surface area contributed by atoms with Crippen molar-refractivity contribution in [1.82, 2.24) is 5.43 Å². The average Bonchev–Trinajstić information content (AvgIpc) is 2.60. The van der Waals surface area contributed by atoms with Crippen LogP contribution in [0.15, 0.2) is 47.6 Å². The van der Waals surface area contributed by atoms with Crippen molar-refractivity contribution in [1.29, 1.82) is 0 Å². The Bertz CT molecular complexity index is 791. The predicted octanol–water partition coefficient (Wildman–Crippen LogP) is 2.78. The molecule has 2 rings (SSSR count). The van der Waals surface area contributed by atoms with Gasteiger partial charge >= 0.3 is 0 Å². The third-order valence-corrected chi connectivity index (χ3v) is 3.29. The van der Waals surface area contributed by atoms with Crippen molar-refractivity contribution in [2.24, 2.45) is 5.10 Å². The third kappa shape index (κ3) is 4.37.